The summed E-state index contributed by atoms with van der Waals surface area (Å²) in [7, 11) is 0. The highest BCUT2D eigenvalue weighted by molar-refractivity contribution is 7.19. The summed E-state index contributed by atoms with van der Waals surface area (Å²) in [6.45, 7) is 2.03. The number of nitrogens with one attached hydrogen (secondary N) is 1. The second-order valence-corrected chi connectivity index (χ2v) is 7.16. The number of hydrogen-bond donors (Lipinski definition) is 1. The molecule has 25 heavy (non-hydrogen) atoms. The number of hydrogen-bond acceptors (Lipinski definition) is 4. The van der Waals surface area contributed by atoms with Gasteiger partial charge in [0.1, 0.15) is 22.8 Å². The molecule has 2 aromatic carbocycles. The number of nitrogens with zero attached hydrogens (tertiary/aromatic N) is 2. The van der Waals surface area contributed by atoms with E-state index in [9.17, 15) is 4.39 Å². The van der Waals surface area contributed by atoms with Crippen LogP contribution in [-0.2, 0) is 0 Å². The Hall–Kier alpha value is -2.50. The summed E-state index contributed by atoms with van der Waals surface area (Å²) in [6, 6.07) is 14.0. The molecule has 3 nitrogen and oxygen atoms in total. The largest absolute Gasteiger partial charge is 0.338 e. The average Bonchev–Trinajstić information content (AvgIpc) is 2.95. The maximum atomic E-state index is 13.3. The monoisotopic (exact) mass is 369 g/mol. The van der Waals surface area contributed by atoms with Gasteiger partial charge in [-0.1, -0.05) is 35.9 Å². The van der Waals surface area contributed by atoms with Gasteiger partial charge < -0.3 is 5.32 Å². The minimum Gasteiger partial charge on any atom is -0.338 e. The Kier molecular flexibility index (Phi) is 4.11. The van der Waals surface area contributed by atoms with Crippen LogP contribution in [0.3, 0.4) is 0 Å². The highest BCUT2D eigenvalue weighted by Crippen LogP contribution is 2.41. The number of benzene rings is 2. The summed E-state index contributed by atoms with van der Waals surface area (Å²) in [6.07, 6.45) is 1.53. The lowest BCUT2D eigenvalue weighted by atomic mass is 10.0. The van der Waals surface area contributed by atoms with Crippen LogP contribution in [-0.4, -0.2) is 9.97 Å². The molecule has 0 aliphatic heterocycles. The molecule has 0 amide bonds. The predicted octanol–water partition coefficient (Wildman–Crippen LogP) is 6.20. The zero-order valence-electron chi connectivity index (χ0n) is 13.3. The van der Waals surface area contributed by atoms with Gasteiger partial charge in [0, 0.05) is 10.4 Å². The van der Waals surface area contributed by atoms with E-state index >= 15 is 0 Å². The fourth-order valence-electron chi connectivity index (χ4n) is 2.79. The molecule has 0 aliphatic carbocycles. The first kappa shape index (κ1) is 16.0. The molecule has 0 fully saturated rings. The fraction of sp³-hybridized carbons (Fsp3) is 0.0526. The van der Waals surface area contributed by atoms with Crippen LogP contribution in [0.1, 0.15) is 4.88 Å². The SMILES string of the molecule is Cc1sc2ncnc(Nc3ccccc3Cl)c2c1-c1ccc(F)cc1. The molecule has 1 N–H and O–H groups in total. The first-order valence-corrected chi connectivity index (χ1v) is 8.84. The van der Waals surface area contributed by atoms with Crippen LogP contribution in [0.25, 0.3) is 21.3 Å². The molecule has 4 rings (SSSR count). The fourth-order valence-corrected chi connectivity index (χ4v) is 3.99. The van der Waals surface area contributed by atoms with E-state index in [1.54, 1.807) is 23.5 Å². The predicted molar refractivity (Wildman–Crippen MR) is 102 cm³/mol. The van der Waals surface area contributed by atoms with Crippen molar-refractivity contribution in [2.75, 3.05) is 5.32 Å². The van der Waals surface area contributed by atoms with Crippen molar-refractivity contribution in [3.8, 4) is 11.1 Å². The summed E-state index contributed by atoms with van der Waals surface area (Å²) in [4.78, 5) is 10.8. The Morgan fingerprint density at radius 1 is 1.04 bits per heavy atom. The van der Waals surface area contributed by atoms with Crippen LogP contribution in [0, 0.1) is 12.7 Å². The Morgan fingerprint density at radius 3 is 2.56 bits per heavy atom. The van der Waals surface area contributed by atoms with Gasteiger partial charge >= 0.3 is 0 Å². The number of thiophene rings is 1. The third-order valence-corrected chi connectivity index (χ3v) is 5.27. The molecule has 0 spiro atoms. The Labute approximate surface area is 153 Å². The van der Waals surface area contributed by atoms with Crippen molar-refractivity contribution in [2.24, 2.45) is 0 Å². The van der Waals surface area contributed by atoms with Crippen LogP contribution in [0.4, 0.5) is 15.9 Å². The van der Waals surface area contributed by atoms with Gasteiger partial charge in [-0.05, 0) is 36.8 Å². The van der Waals surface area contributed by atoms with Gasteiger partial charge in [0.2, 0.25) is 0 Å². The van der Waals surface area contributed by atoms with E-state index < -0.39 is 0 Å². The highest BCUT2D eigenvalue weighted by Gasteiger charge is 2.17. The molecule has 0 radical (unpaired) electrons. The molecule has 124 valence electrons. The molecule has 0 saturated heterocycles. The maximum absolute atomic E-state index is 13.3. The molecule has 0 aliphatic rings. The molecule has 2 heterocycles. The molecule has 0 saturated carbocycles. The smallest absolute Gasteiger partial charge is 0.143 e. The third kappa shape index (κ3) is 2.97. The highest BCUT2D eigenvalue weighted by atomic mass is 35.5. The van der Waals surface area contributed by atoms with Gasteiger partial charge in [-0.15, -0.1) is 11.3 Å². The zero-order chi connectivity index (χ0) is 17.4. The van der Waals surface area contributed by atoms with Crippen LogP contribution in [0.2, 0.25) is 5.02 Å². The van der Waals surface area contributed by atoms with Gasteiger partial charge in [-0.2, -0.15) is 0 Å². The van der Waals surface area contributed by atoms with Gasteiger partial charge in [-0.25, -0.2) is 14.4 Å². The van der Waals surface area contributed by atoms with Crippen LogP contribution >= 0.6 is 22.9 Å². The Balaban J connectivity index is 1.91. The topological polar surface area (TPSA) is 37.8 Å². The molecular weight excluding hydrogens is 357 g/mol. The van der Waals surface area contributed by atoms with Gasteiger partial charge in [-0.3, -0.25) is 0 Å². The van der Waals surface area contributed by atoms with E-state index in [0.29, 0.717) is 10.8 Å². The normalized spacial score (nSPS) is 11.0. The van der Waals surface area contributed by atoms with Gasteiger partial charge in [0.25, 0.3) is 0 Å². The lowest BCUT2D eigenvalue weighted by molar-refractivity contribution is 0.628. The molecule has 6 heteroatoms. The van der Waals surface area contributed by atoms with Gasteiger partial charge in [0.05, 0.1) is 16.1 Å². The first-order valence-electron chi connectivity index (χ1n) is 7.65. The summed E-state index contributed by atoms with van der Waals surface area (Å²) >= 11 is 7.85. The van der Waals surface area contributed by atoms with E-state index in [1.165, 1.54) is 18.5 Å². The second kappa shape index (κ2) is 6.43. The zero-order valence-corrected chi connectivity index (χ0v) is 14.8. The molecule has 0 atom stereocenters. The van der Waals surface area contributed by atoms with Crippen molar-refractivity contribution >= 4 is 44.7 Å². The van der Waals surface area contributed by atoms with Crippen molar-refractivity contribution in [1.82, 2.24) is 9.97 Å². The van der Waals surface area contributed by atoms with E-state index in [1.807, 2.05) is 31.2 Å². The van der Waals surface area contributed by atoms with Crippen molar-refractivity contribution in [3.05, 3.63) is 70.6 Å². The molecule has 0 unspecified atom stereocenters. The van der Waals surface area contributed by atoms with Crippen molar-refractivity contribution in [2.45, 2.75) is 6.92 Å². The van der Waals surface area contributed by atoms with Crippen molar-refractivity contribution < 1.29 is 4.39 Å². The van der Waals surface area contributed by atoms with Gasteiger partial charge in [0.15, 0.2) is 0 Å². The Morgan fingerprint density at radius 2 is 1.80 bits per heavy atom. The molecule has 4 aromatic rings. The number of aryl methyl sites for hydroxylation is 1. The quantitative estimate of drug-likeness (QED) is 0.467. The van der Waals surface area contributed by atoms with Crippen LogP contribution in [0.15, 0.2) is 54.9 Å². The molecule has 2 aromatic heterocycles. The third-order valence-electron chi connectivity index (χ3n) is 3.92. The van der Waals surface area contributed by atoms with Crippen LogP contribution in [0.5, 0.6) is 0 Å². The van der Waals surface area contributed by atoms with E-state index in [0.717, 1.165) is 31.9 Å². The lowest BCUT2D eigenvalue weighted by Crippen LogP contribution is -1.96. The summed E-state index contributed by atoms with van der Waals surface area (Å²) in [5, 5.41) is 4.83. The summed E-state index contributed by atoms with van der Waals surface area (Å²) < 4.78 is 13.3. The van der Waals surface area contributed by atoms with E-state index in [2.05, 4.69) is 15.3 Å². The number of para-hydroxylation sites is 1. The summed E-state index contributed by atoms with van der Waals surface area (Å²) in [5.74, 6) is 0.424. The number of halogens is 2. The lowest BCUT2D eigenvalue weighted by Gasteiger charge is -2.10. The number of fused-ring (bicyclic) bond motifs is 1. The van der Waals surface area contributed by atoms with E-state index in [-0.39, 0.29) is 5.82 Å². The number of anilines is 2. The van der Waals surface area contributed by atoms with Crippen LogP contribution < -0.4 is 5.32 Å². The standard InChI is InChI=1S/C19H13ClFN3S/c1-11-16(12-6-8-13(21)9-7-12)17-18(22-10-23-19(17)25-11)24-15-5-3-2-4-14(15)20/h2-10H,1H3,(H,22,23,24). The second-order valence-electron chi connectivity index (χ2n) is 5.55. The minimum atomic E-state index is -0.258. The van der Waals surface area contributed by atoms with Crippen molar-refractivity contribution in [1.29, 1.82) is 0 Å². The number of aromatic nitrogens is 2. The average molecular weight is 370 g/mol. The Bertz CT molecular complexity index is 1060. The van der Waals surface area contributed by atoms with Crippen molar-refractivity contribution in [3.63, 3.8) is 0 Å². The maximum Gasteiger partial charge on any atom is 0.143 e. The number of rotatable bonds is 3. The molecule has 0 bridgehead atoms. The molecular formula is C19H13ClFN3S. The summed E-state index contributed by atoms with van der Waals surface area (Å²) in [5.41, 5.74) is 2.72. The minimum absolute atomic E-state index is 0.258. The first-order chi connectivity index (χ1) is 12.1. The van der Waals surface area contributed by atoms with E-state index in [4.69, 9.17) is 11.6 Å².